The molecule has 10 heteroatoms. The quantitative estimate of drug-likeness (QED) is 0.816. The molecule has 0 saturated heterocycles. The van der Waals surface area contributed by atoms with E-state index < -0.39 is 43.6 Å². The van der Waals surface area contributed by atoms with Crippen molar-refractivity contribution < 1.29 is 32.7 Å². The number of hydrogen-bond acceptors (Lipinski definition) is 4. The summed E-state index contributed by atoms with van der Waals surface area (Å²) < 4.78 is 36.8. The zero-order chi connectivity index (χ0) is 16.0. The molecule has 1 aromatic rings. The minimum Gasteiger partial charge on any atom is -0.480 e. The number of carbonyl (C=O) groups excluding carboxylic acids is 2. The highest BCUT2D eigenvalue weighted by Crippen LogP contribution is 2.16. The van der Waals surface area contributed by atoms with Gasteiger partial charge in [-0.3, -0.25) is 14.4 Å². The van der Waals surface area contributed by atoms with E-state index in [1.807, 2.05) is 0 Å². The van der Waals surface area contributed by atoms with Gasteiger partial charge >= 0.3 is 12.1 Å². The van der Waals surface area contributed by atoms with Crippen LogP contribution in [-0.2, 0) is 9.59 Å². The van der Waals surface area contributed by atoms with Crippen LogP contribution in [0.5, 0.6) is 0 Å². The Labute approximate surface area is 121 Å². The number of halogens is 3. The number of carbonyl (C=O) groups is 3. The van der Waals surface area contributed by atoms with Crippen LogP contribution in [0.15, 0.2) is 17.5 Å². The highest BCUT2D eigenvalue weighted by atomic mass is 32.1. The number of thiophene rings is 1. The third-order valence-corrected chi connectivity index (χ3v) is 3.06. The Bertz CT molecular complexity index is 516. The van der Waals surface area contributed by atoms with Crippen LogP contribution >= 0.6 is 11.3 Å². The summed E-state index contributed by atoms with van der Waals surface area (Å²) >= 11 is 1.10. The molecule has 116 valence electrons. The molecular weight excluding hydrogens is 313 g/mol. The van der Waals surface area contributed by atoms with Gasteiger partial charge in [0.1, 0.15) is 13.1 Å². The first-order valence-electron chi connectivity index (χ1n) is 5.57. The van der Waals surface area contributed by atoms with E-state index in [1.165, 1.54) is 6.07 Å². The van der Waals surface area contributed by atoms with Crippen LogP contribution in [0.1, 0.15) is 9.67 Å². The fourth-order valence-electron chi connectivity index (χ4n) is 1.37. The summed E-state index contributed by atoms with van der Waals surface area (Å²) in [5, 5.41) is 12.3. The molecule has 2 amide bonds. The standard InChI is InChI=1S/C11H11F3N2O4S/c12-11(13,14)6-16(5-9(18)19)8(17)4-15-10(20)7-2-1-3-21-7/h1-3H,4-6H2,(H,15,20)(H,18,19). The summed E-state index contributed by atoms with van der Waals surface area (Å²) in [5.41, 5.74) is 0. The second-order valence-corrected chi connectivity index (χ2v) is 4.87. The lowest BCUT2D eigenvalue weighted by molar-refractivity contribution is -0.165. The average molecular weight is 324 g/mol. The molecule has 0 saturated carbocycles. The van der Waals surface area contributed by atoms with E-state index in [4.69, 9.17) is 5.11 Å². The molecule has 0 fully saturated rings. The maximum absolute atomic E-state index is 12.3. The van der Waals surface area contributed by atoms with Gasteiger partial charge in [0.05, 0.1) is 11.4 Å². The van der Waals surface area contributed by atoms with Crippen molar-refractivity contribution in [1.82, 2.24) is 10.2 Å². The predicted octanol–water partition coefficient (Wildman–Crippen LogP) is 0.953. The van der Waals surface area contributed by atoms with Crippen molar-refractivity contribution >= 4 is 29.1 Å². The largest absolute Gasteiger partial charge is 0.480 e. The summed E-state index contributed by atoms with van der Waals surface area (Å²) in [4.78, 5) is 34.0. The molecule has 0 aliphatic rings. The zero-order valence-corrected chi connectivity index (χ0v) is 11.3. The second-order valence-electron chi connectivity index (χ2n) is 3.92. The van der Waals surface area contributed by atoms with Crippen LogP contribution in [0.25, 0.3) is 0 Å². The smallest absolute Gasteiger partial charge is 0.406 e. The summed E-state index contributed by atoms with van der Waals surface area (Å²) in [5.74, 6) is -3.31. The van der Waals surface area contributed by atoms with Gasteiger partial charge in [-0.15, -0.1) is 11.3 Å². The number of nitrogens with zero attached hydrogens (tertiary/aromatic N) is 1. The first-order chi connectivity index (χ1) is 9.69. The van der Waals surface area contributed by atoms with Crippen LogP contribution in [0, 0.1) is 0 Å². The minimum absolute atomic E-state index is 0.122. The first kappa shape index (κ1) is 17.0. The van der Waals surface area contributed by atoms with Crippen LogP contribution in [0.3, 0.4) is 0 Å². The number of aliphatic carboxylic acids is 1. The molecule has 21 heavy (non-hydrogen) atoms. The van der Waals surface area contributed by atoms with Gasteiger partial charge in [0.25, 0.3) is 5.91 Å². The number of carboxylic acids is 1. The van der Waals surface area contributed by atoms with Crippen molar-refractivity contribution in [2.45, 2.75) is 6.18 Å². The van der Waals surface area contributed by atoms with Crippen molar-refractivity contribution in [2.24, 2.45) is 0 Å². The number of alkyl halides is 3. The number of rotatable bonds is 6. The van der Waals surface area contributed by atoms with Crippen LogP contribution < -0.4 is 5.32 Å². The molecule has 0 spiro atoms. The predicted molar refractivity (Wildman–Crippen MR) is 66.9 cm³/mol. The Kier molecular flexibility index (Phi) is 5.70. The van der Waals surface area contributed by atoms with Gasteiger partial charge in [-0.25, -0.2) is 0 Å². The molecule has 0 unspecified atom stereocenters. The lowest BCUT2D eigenvalue weighted by Gasteiger charge is -2.22. The van der Waals surface area contributed by atoms with Crippen molar-refractivity contribution in [3.05, 3.63) is 22.4 Å². The first-order valence-corrected chi connectivity index (χ1v) is 6.45. The summed E-state index contributed by atoms with van der Waals surface area (Å²) in [7, 11) is 0. The molecule has 0 bridgehead atoms. The third kappa shape index (κ3) is 6.25. The van der Waals surface area contributed by atoms with E-state index >= 15 is 0 Å². The van der Waals surface area contributed by atoms with Gasteiger partial charge in [0.15, 0.2) is 0 Å². The molecule has 1 heterocycles. The number of amides is 2. The van der Waals surface area contributed by atoms with Gasteiger partial charge in [0.2, 0.25) is 5.91 Å². The van der Waals surface area contributed by atoms with Gasteiger partial charge in [0, 0.05) is 0 Å². The maximum Gasteiger partial charge on any atom is 0.406 e. The van der Waals surface area contributed by atoms with E-state index in [-0.39, 0.29) is 4.90 Å². The van der Waals surface area contributed by atoms with E-state index in [1.54, 1.807) is 11.4 Å². The van der Waals surface area contributed by atoms with Crippen molar-refractivity contribution in [3.63, 3.8) is 0 Å². The van der Waals surface area contributed by atoms with Crippen molar-refractivity contribution in [2.75, 3.05) is 19.6 Å². The summed E-state index contributed by atoms with van der Waals surface area (Å²) in [6.45, 7) is -3.49. The highest BCUT2D eigenvalue weighted by molar-refractivity contribution is 7.12. The highest BCUT2D eigenvalue weighted by Gasteiger charge is 2.33. The van der Waals surface area contributed by atoms with Crippen LogP contribution in [0.2, 0.25) is 0 Å². The van der Waals surface area contributed by atoms with E-state index in [0.717, 1.165) is 11.3 Å². The Hall–Kier alpha value is -2.10. The number of carboxylic acid groups (broad SMARTS) is 1. The second kappa shape index (κ2) is 7.07. The van der Waals surface area contributed by atoms with E-state index in [9.17, 15) is 27.6 Å². The molecular formula is C11H11F3N2O4S. The summed E-state index contributed by atoms with van der Waals surface area (Å²) in [6.07, 6.45) is -4.72. The van der Waals surface area contributed by atoms with Crippen molar-refractivity contribution in [3.8, 4) is 0 Å². The number of hydrogen-bond donors (Lipinski definition) is 2. The topological polar surface area (TPSA) is 86.7 Å². The lowest BCUT2D eigenvalue weighted by Crippen LogP contribution is -2.46. The van der Waals surface area contributed by atoms with Gasteiger partial charge in [-0.05, 0) is 11.4 Å². The van der Waals surface area contributed by atoms with E-state index in [0.29, 0.717) is 4.88 Å². The summed E-state index contributed by atoms with van der Waals surface area (Å²) in [6, 6.07) is 3.08. The normalized spacial score (nSPS) is 11.0. The van der Waals surface area contributed by atoms with Crippen LogP contribution in [0.4, 0.5) is 13.2 Å². The van der Waals surface area contributed by atoms with Gasteiger partial charge in [-0.2, -0.15) is 13.2 Å². The number of nitrogens with one attached hydrogen (secondary N) is 1. The lowest BCUT2D eigenvalue weighted by atomic mass is 10.4. The molecule has 0 radical (unpaired) electrons. The molecule has 1 rings (SSSR count). The molecule has 2 N–H and O–H groups in total. The molecule has 0 atom stereocenters. The van der Waals surface area contributed by atoms with Gasteiger partial charge in [-0.1, -0.05) is 6.07 Å². The Morgan fingerprint density at radius 3 is 2.48 bits per heavy atom. The fourth-order valence-corrected chi connectivity index (χ4v) is 2.01. The monoisotopic (exact) mass is 324 g/mol. The zero-order valence-electron chi connectivity index (χ0n) is 10.5. The molecule has 1 aromatic heterocycles. The fraction of sp³-hybridized carbons (Fsp3) is 0.364. The molecule has 0 aliphatic carbocycles. The van der Waals surface area contributed by atoms with Crippen LogP contribution in [-0.4, -0.2) is 53.6 Å². The van der Waals surface area contributed by atoms with Crippen molar-refractivity contribution in [1.29, 1.82) is 0 Å². The maximum atomic E-state index is 12.3. The molecule has 6 nitrogen and oxygen atoms in total. The third-order valence-electron chi connectivity index (χ3n) is 2.19. The Morgan fingerprint density at radius 2 is 2.00 bits per heavy atom. The molecule has 0 aromatic carbocycles. The Morgan fingerprint density at radius 1 is 1.33 bits per heavy atom. The van der Waals surface area contributed by atoms with E-state index in [2.05, 4.69) is 5.32 Å². The minimum atomic E-state index is -4.72. The average Bonchev–Trinajstić information content (AvgIpc) is 2.86. The van der Waals surface area contributed by atoms with Gasteiger partial charge < -0.3 is 15.3 Å². The SMILES string of the molecule is O=C(O)CN(CC(F)(F)F)C(=O)CNC(=O)c1cccs1. The molecule has 0 aliphatic heterocycles. The Balaban J connectivity index is 2.59.